The Labute approximate surface area is 108 Å². The molecule has 0 amide bonds. The summed E-state index contributed by atoms with van der Waals surface area (Å²) in [6.45, 7) is 2.00. The van der Waals surface area contributed by atoms with Crippen LogP contribution in [0, 0.1) is 6.92 Å². The summed E-state index contributed by atoms with van der Waals surface area (Å²) in [7, 11) is 0. The summed E-state index contributed by atoms with van der Waals surface area (Å²) < 4.78 is 0. The fourth-order valence-corrected chi connectivity index (χ4v) is 3.96. The number of thiazole rings is 2. The lowest BCUT2D eigenvalue weighted by molar-refractivity contribution is 0.0976. The molecule has 0 atom stereocenters. The van der Waals surface area contributed by atoms with Gasteiger partial charge in [-0.25, -0.2) is 9.97 Å². The minimum Gasteiger partial charge on any atom is -0.293 e. The predicted octanol–water partition coefficient (Wildman–Crippen LogP) is 3.02. The third kappa shape index (κ3) is 2.17. The van der Waals surface area contributed by atoms with Crippen LogP contribution in [0.2, 0.25) is 0 Å². The van der Waals surface area contributed by atoms with E-state index in [4.69, 9.17) is 0 Å². The van der Waals surface area contributed by atoms with Crippen molar-refractivity contribution in [2.75, 3.05) is 0 Å². The van der Waals surface area contributed by atoms with Crippen molar-refractivity contribution in [1.82, 2.24) is 9.97 Å². The van der Waals surface area contributed by atoms with Gasteiger partial charge >= 0.3 is 0 Å². The number of aromatic nitrogens is 2. The van der Waals surface area contributed by atoms with Crippen LogP contribution < -0.4 is 0 Å². The average Bonchev–Trinajstić information content (AvgIpc) is 2.86. The van der Waals surface area contributed by atoms with Gasteiger partial charge in [0.05, 0.1) is 22.0 Å². The molecule has 5 heteroatoms. The molecule has 0 saturated carbocycles. The van der Waals surface area contributed by atoms with Crippen LogP contribution in [0.15, 0.2) is 5.38 Å². The van der Waals surface area contributed by atoms with Gasteiger partial charge in [0.1, 0.15) is 5.01 Å². The van der Waals surface area contributed by atoms with Crippen LogP contribution in [-0.4, -0.2) is 15.8 Å². The SMILES string of the molecule is Cc1csc(Cc2nc3c(s2)C(=O)CCC3)n1. The predicted molar refractivity (Wildman–Crippen MR) is 69.0 cm³/mol. The summed E-state index contributed by atoms with van der Waals surface area (Å²) in [5.74, 6) is 0.269. The summed E-state index contributed by atoms with van der Waals surface area (Å²) in [5.41, 5.74) is 2.07. The molecule has 3 nitrogen and oxygen atoms in total. The highest BCUT2D eigenvalue weighted by atomic mass is 32.1. The lowest BCUT2D eigenvalue weighted by Gasteiger charge is -2.06. The highest BCUT2D eigenvalue weighted by Gasteiger charge is 2.22. The zero-order valence-electron chi connectivity index (χ0n) is 9.52. The summed E-state index contributed by atoms with van der Waals surface area (Å²) in [6, 6.07) is 0. The molecule has 0 unspecified atom stereocenters. The Morgan fingerprint density at radius 3 is 2.88 bits per heavy atom. The van der Waals surface area contributed by atoms with Crippen LogP contribution >= 0.6 is 22.7 Å². The van der Waals surface area contributed by atoms with E-state index in [1.807, 2.05) is 12.3 Å². The Balaban J connectivity index is 1.87. The Bertz CT molecular complexity index is 571. The quantitative estimate of drug-likeness (QED) is 0.837. The van der Waals surface area contributed by atoms with Gasteiger partial charge in [0.25, 0.3) is 0 Å². The maximum Gasteiger partial charge on any atom is 0.174 e. The molecule has 2 aromatic rings. The monoisotopic (exact) mass is 264 g/mol. The molecule has 0 radical (unpaired) electrons. The third-order valence-corrected chi connectivity index (χ3v) is 4.89. The molecule has 2 aromatic heterocycles. The molecule has 0 aromatic carbocycles. The van der Waals surface area contributed by atoms with Crippen LogP contribution in [0.5, 0.6) is 0 Å². The van der Waals surface area contributed by atoms with E-state index in [1.54, 1.807) is 22.7 Å². The first kappa shape index (κ1) is 11.0. The van der Waals surface area contributed by atoms with E-state index < -0.39 is 0 Å². The van der Waals surface area contributed by atoms with Gasteiger partial charge < -0.3 is 0 Å². The van der Waals surface area contributed by atoms with E-state index >= 15 is 0 Å². The Hall–Kier alpha value is -1.07. The van der Waals surface area contributed by atoms with E-state index in [0.29, 0.717) is 6.42 Å². The average molecular weight is 264 g/mol. The highest BCUT2D eigenvalue weighted by molar-refractivity contribution is 7.14. The van der Waals surface area contributed by atoms with Crippen LogP contribution in [0.3, 0.4) is 0 Å². The standard InChI is InChI=1S/C12H12N2OS2/c1-7-6-16-10(13-7)5-11-14-8-3-2-4-9(15)12(8)17-11/h6H,2-5H2,1H3. The molecule has 88 valence electrons. The number of nitrogens with zero attached hydrogens (tertiary/aromatic N) is 2. The Kier molecular flexibility index (Phi) is 2.80. The molecule has 2 heterocycles. The number of Topliss-reactive ketones (excluding diaryl/α,β-unsaturated/α-hetero) is 1. The van der Waals surface area contributed by atoms with E-state index in [1.165, 1.54) is 0 Å². The Morgan fingerprint density at radius 2 is 2.18 bits per heavy atom. The topological polar surface area (TPSA) is 42.9 Å². The zero-order valence-corrected chi connectivity index (χ0v) is 11.2. The first-order chi connectivity index (χ1) is 8.22. The molecule has 17 heavy (non-hydrogen) atoms. The highest BCUT2D eigenvalue weighted by Crippen LogP contribution is 2.28. The van der Waals surface area contributed by atoms with Crippen LogP contribution in [-0.2, 0) is 12.8 Å². The van der Waals surface area contributed by atoms with E-state index in [9.17, 15) is 4.79 Å². The smallest absolute Gasteiger partial charge is 0.174 e. The van der Waals surface area contributed by atoms with Crippen molar-refractivity contribution < 1.29 is 4.79 Å². The molecule has 0 bridgehead atoms. The number of carbonyl (C=O) groups excluding carboxylic acids is 1. The first-order valence-corrected chi connectivity index (χ1v) is 7.35. The normalized spacial score (nSPS) is 15.0. The molecule has 0 fully saturated rings. The molecule has 1 aliphatic rings. The fraction of sp³-hybridized carbons (Fsp3) is 0.417. The van der Waals surface area contributed by atoms with Crippen molar-refractivity contribution in [3.05, 3.63) is 31.7 Å². The third-order valence-electron chi connectivity index (χ3n) is 2.78. The first-order valence-electron chi connectivity index (χ1n) is 5.65. The van der Waals surface area contributed by atoms with E-state index in [0.717, 1.165) is 45.5 Å². The van der Waals surface area contributed by atoms with Crippen molar-refractivity contribution in [3.8, 4) is 0 Å². The molecule has 0 saturated heterocycles. The fourth-order valence-electron chi connectivity index (χ4n) is 2.01. The van der Waals surface area contributed by atoms with Gasteiger partial charge in [-0.1, -0.05) is 0 Å². The van der Waals surface area contributed by atoms with Gasteiger partial charge in [0.2, 0.25) is 0 Å². The van der Waals surface area contributed by atoms with Crippen LogP contribution in [0.4, 0.5) is 0 Å². The summed E-state index contributed by atoms with van der Waals surface area (Å²) in [5, 5.41) is 4.16. The molecule has 3 rings (SSSR count). The second kappa shape index (κ2) is 4.31. The summed E-state index contributed by atoms with van der Waals surface area (Å²) >= 11 is 3.22. The largest absolute Gasteiger partial charge is 0.293 e. The zero-order chi connectivity index (χ0) is 11.8. The second-order valence-corrected chi connectivity index (χ2v) is 6.25. The van der Waals surface area contributed by atoms with Gasteiger partial charge in [-0.3, -0.25) is 4.79 Å². The maximum atomic E-state index is 11.7. The molecule has 1 aliphatic carbocycles. The van der Waals surface area contributed by atoms with Crippen molar-refractivity contribution in [2.45, 2.75) is 32.6 Å². The molecule has 0 aliphatic heterocycles. The second-order valence-electron chi connectivity index (χ2n) is 4.22. The van der Waals surface area contributed by atoms with E-state index in [2.05, 4.69) is 9.97 Å². The van der Waals surface area contributed by atoms with Gasteiger partial charge in [-0.15, -0.1) is 22.7 Å². The number of ketones is 1. The van der Waals surface area contributed by atoms with Gasteiger partial charge in [0.15, 0.2) is 5.78 Å². The molecular formula is C12H12N2OS2. The number of rotatable bonds is 2. The number of aryl methyl sites for hydroxylation is 2. The number of hydrogen-bond donors (Lipinski definition) is 0. The Morgan fingerprint density at radius 1 is 1.29 bits per heavy atom. The number of fused-ring (bicyclic) bond motifs is 1. The van der Waals surface area contributed by atoms with Crippen molar-refractivity contribution in [3.63, 3.8) is 0 Å². The van der Waals surface area contributed by atoms with Crippen LogP contribution in [0.25, 0.3) is 0 Å². The summed E-state index contributed by atoms with van der Waals surface area (Å²) in [6.07, 6.45) is 3.36. The number of carbonyl (C=O) groups is 1. The minimum absolute atomic E-state index is 0.269. The number of hydrogen-bond acceptors (Lipinski definition) is 5. The summed E-state index contributed by atoms with van der Waals surface area (Å²) in [4.78, 5) is 21.6. The molecule has 0 N–H and O–H groups in total. The molecule has 0 spiro atoms. The van der Waals surface area contributed by atoms with Crippen LogP contribution in [0.1, 0.15) is 43.9 Å². The van der Waals surface area contributed by atoms with Crippen molar-refractivity contribution in [2.24, 2.45) is 0 Å². The van der Waals surface area contributed by atoms with Gasteiger partial charge in [-0.05, 0) is 19.8 Å². The lowest BCUT2D eigenvalue weighted by Crippen LogP contribution is -2.07. The minimum atomic E-state index is 0.269. The van der Waals surface area contributed by atoms with Gasteiger partial charge in [-0.2, -0.15) is 0 Å². The van der Waals surface area contributed by atoms with Gasteiger partial charge in [0, 0.05) is 17.5 Å². The maximum absolute atomic E-state index is 11.7. The van der Waals surface area contributed by atoms with E-state index in [-0.39, 0.29) is 5.78 Å². The molecular weight excluding hydrogens is 252 g/mol. The van der Waals surface area contributed by atoms with Crippen molar-refractivity contribution in [1.29, 1.82) is 0 Å². The lowest BCUT2D eigenvalue weighted by atomic mass is 10.0. The van der Waals surface area contributed by atoms with Crippen molar-refractivity contribution >= 4 is 28.5 Å².